The highest BCUT2D eigenvalue weighted by molar-refractivity contribution is 6.41. The predicted molar refractivity (Wildman–Crippen MR) is 66.6 cm³/mol. The summed E-state index contributed by atoms with van der Waals surface area (Å²) in [4.78, 5) is 0. The van der Waals surface area contributed by atoms with Crippen LogP contribution in [0.3, 0.4) is 0 Å². The maximum Gasteiger partial charge on any atom is 0.140 e. The van der Waals surface area contributed by atoms with Crippen molar-refractivity contribution in [1.82, 2.24) is 0 Å². The van der Waals surface area contributed by atoms with Crippen LogP contribution in [-0.2, 0) is 0 Å². The molecule has 15 heavy (non-hydrogen) atoms. The van der Waals surface area contributed by atoms with Gasteiger partial charge in [-0.25, -0.2) is 0 Å². The van der Waals surface area contributed by atoms with Crippen LogP contribution in [0, 0.1) is 6.92 Å². The molecule has 0 aliphatic carbocycles. The van der Waals surface area contributed by atoms with Crippen LogP contribution in [-0.4, -0.2) is 7.85 Å². The Hall–Kier alpha value is -1.70. The van der Waals surface area contributed by atoms with Gasteiger partial charge in [-0.1, -0.05) is 29.2 Å². The van der Waals surface area contributed by atoms with E-state index in [4.69, 9.17) is 4.42 Å². The lowest BCUT2D eigenvalue weighted by Gasteiger charge is -1.95. The number of hydrogen-bond acceptors (Lipinski definition) is 1. The highest BCUT2D eigenvalue weighted by Crippen LogP contribution is 2.27. The van der Waals surface area contributed by atoms with Gasteiger partial charge >= 0.3 is 0 Å². The summed E-state index contributed by atoms with van der Waals surface area (Å²) in [7, 11) is 2.12. The fourth-order valence-electron chi connectivity index (χ4n) is 2.12. The van der Waals surface area contributed by atoms with Crippen molar-refractivity contribution in [3.8, 4) is 0 Å². The summed E-state index contributed by atoms with van der Waals surface area (Å²) in [5, 5.41) is 2.47. The Morgan fingerprint density at radius 2 is 1.93 bits per heavy atom. The SMILES string of the molecule is Bc1cccc2oc3ccc(C)cc3c12. The van der Waals surface area contributed by atoms with Crippen LogP contribution in [0.5, 0.6) is 0 Å². The molecule has 1 heterocycles. The van der Waals surface area contributed by atoms with Crippen LogP contribution in [0.15, 0.2) is 40.8 Å². The molecule has 0 unspecified atom stereocenters. The van der Waals surface area contributed by atoms with Crippen molar-refractivity contribution in [2.75, 3.05) is 0 Å². The number of aryl methyl sites for hydroxylation is 1. The molecule has 0 atom stereocenters. The second-order valence-electron chi connectivity index (χ2n) is 4.05. The molecule has 0 fully saturated rings. The minimum Gasteiger partial charge on any atom is -0.456 e. The molecule has 0 saturated heterocycles. The molecule has 0 N–H and O–H groups in total. The Labute approximate surface area is 89.1 Å². The summed E-state index contributed by atoms with van der Waals surface area (Å²) in [6, 6.07) is 12.5. The standard InChI is InChI=1S/C13H11BO/c1-8-5-6-11-9(7-8)13-10(14)3-2-4-12(13)15-11/h2-7H,14H2,1H3. The van der Waals surface area contributed by atoms with E-state index in [2.05, 4.69) is 33.0 Å². The third-order valence-electron chi connectivity index (χ3n) is 2.86. The van der Waals surface area contributed by atoms with Crippen molar-refractivity contribution in [1.29, 1.82) is 0 Å². The van der Waals surface area contributed by atoms with Gasteiger partial charge in [-0.2, -0.15) is 0 Å². The first-order valence-electron chi connectivity index (χ1n) is 5.14. The van der Waals surface area contributed by atoms with Gasteiger partial charge in [-0.05, 0) is 25.1 Å². The van der Waals surface area contributed by atoms with E-state index < -0.39 is 0 Å². The van der Waals surface area contributed by atoms with Crippen molar-refractivity contribution in [2.45, 2.75) is 6.92 Å². The molecule has 2 aromatic carbocycles. The average molecular weight is 194 g/mol. The summed E-state index contributed by atoms with van der Waals surface area (Å²) in [6.45, 7) is 2.11. The number of benzene rings is 2. The maximum atomic E-state index is 5.79. The Bertz CT molecular complexity index is 652. The van der Waals surface area contributed by atoms with Gasteiger partial charge in [0.25, 0.3) is 0 Å². The summed E-state index contributed by atoms with van der Waals surface area (Å²) in [6.07, 6.45) is 0. The van der Waals surface area contributed by atoms with Crippen molar-refractivity contribution in [3.05, 3.63) is 42.0 Å². The van der Waals surface area contributed by atoms with E-state index in [0.717, 1.165) is 11.2 Å². The zero-order valence-corrected chi connectivity index (χ0v) is 8.87. The summed E-state index contributed by atoms with van der Waals surface area (Å²) in [5.41, 5.74) is 4.51. The minimum absolute atomic E-state index is 0.977. The first-order chi connectivity index (χ1) is 7.25. The summed E-state index contributed by atoms with van der Waals surface area (Å²) in [5.74, 6) is 0. The molecule has 0 radical (unpaired) electrons. The molecule has 1 aromatic heterocycles. The smallest absolute Gasteiger partial charge is 0.140 e. The average Bonchev–Trinajstić information content (AvgIpc) is 2.57. The number of hydrogen-bond donors (Lipinski definition) is 0. The lowest BCUT2D eigenvalue weighted by molar-refractivity contribution is 0.669. The molecule has 3 rings (SSSR count). The van der Waals surface area contributed by atoms with Gasteiger partial charge in [0, 0.05) is 10.8 Å². The second-order valence-corrected chi connectivity index (χ2v) is 4.05. The molecule has 1 nitrogen and oxygen atoms in total. The second kappa shape index (κ2) is 2.90. The van der Waals surface area contributed by atoms with Crippen LogP contribution in [0.25, 0.3) is 21.9 Å². The Kier molecular flexibility index (Phi) is 1.66. The van der Waals surface area contributed by atoms with Crippen molar-refractivity contribution >= 4 is 35.2 Å². The van der Waals surface area contributed by atoms with Crippen LogP contribution in [0.4, 0.5) is 0 Å². The van der Waals surface area contributed by atoms with E-state index in [9.17, 15) is 0 Å². The van der Waals surface area contributed by atoms with Crippen LogP contribution >= 0.6 is 0 Å². The third-order valence-corrected chi connectivity index (χ3v) is 2.86. The minimum atomic E-state index is 0.977. The normalized spacial score (nSPS) is 11.3. The topological polar surface area (TPSA) is 13.1 Å². The van der Waals surface area contributed by atoms with Crippen molar-refractivity contribution < 1.29 is 4.42 Å². The zero-order chi connectivity index (χ0) is 10.4. The quantitative estimate of drug-likeness (QED) is 0.499. The Morgan fingerprint density at radius 1 is 1.07 bits per heavy atom. The Balaban J connectivity index is 2.61. The molecule has 0 saturated carbocycles. The van der Waals surface area contributed by atoms with Gasteiger partial charge in [-0.3, -0.25) is 0 Å². The number of fused-ring (bicyclic) bond motifs is 3. The van der Waals surface area contributed by atoms with E-state index in [0.29, 0.717) is 0 Å². The van der Waals surface area contributed by atoms with Crippen LogP contribution in [0.1, 0.15) is 5.56 Å². The van der Waals surface area contributed by atoms with Gasteiger partial charge in [0.1, 0.15) is 19.0 Å². The van der Waals surface area contributed by atoms with Crippen LogP contribution in [0.2, 0.25) is 0 Å². The van der Waals surface area contributed by atoms with Gasteiger partial charge < -0.3 is 4.42 Å². The summed E-state index contributed by atoms with van der Waals surface area (Å²) >= 11 is 0. The number of rotatable bonds is 0. The number of furan rings is 1. The molecule has 2 heteroatoms. The van der Waals surface area contributed by atoms with E-state index in [1.165, 1.54) is 21.8 Å². The van der Waals surface area contributed by atoms with E-state index >= 15 is 0 Å². The maximum absolute atomic E-state index is 5.79. The van der Waals surface area contributed by atoms with Gasteiger partial charge in [-0.15, -0.1) is 0 Å². The highest BCUT2D eigenvalue weighted by Gasteiger charge is 2.07. The van der Waals surface area contributed by atoms with Crippen molar-refractivity contribution in [3.63, 3.8) is 0 Å². The van der Waals surface area contributed by atoms with Gasteiger partial charge in [0.2, 0.25) is 0 Å². The predicted octanol–water partition coefficient (Wildman–Crippen LogP) is 2.15. The monoisotopic (exact) mass is 194 g/mol. The lowest BCUT2D eigenvalue weighted by atomic mass is 9.91. The molecule has 0 bridgehead atoms. The molecule has 0 aliphatic rings. The fourth-order valence-corrected chi connectivity index (χ4v) is 2.12. The first kappa shape index (κ1) is 8.60. The molecule has 0 amide bonds. The largest absolute Gasteiger partial charge is 0.456 e. The zero-order valence-electron chi connectivity index (χ0n) is 8.87. The molecule has 72 valence electrons. The van der Waals surface area contributed by atoms with Crippen molar-refractivity contribution in [2.24, 2.45) is 0 Å². The fraction of sp³-hybridized carbons (Fsp3) is 0.0769. The van der Waals surface area contributed by atoms with E-state index in [1.54, 1.807) is 0 Å². The first-order valence-corrected chi connectivity index (χ1v) is 5.14. The van der Waals surface area contributed by atoms with Gasteiger partial charge in [0.15, 0.2) is 0 Å². The Morgan fingerprint density at radius 3 is 2.80 bits per heavy atom. The molecular weight excluding hydrogens is 183 g/mol. The third kappa shape index (κ3) is 1.18. The molecule has 3 aromatic rings. The molecule has 0 aliphatic heterocycles. The highest BCUT2D eigenvalue weighted by atomic mass is 16.3. The van der Waals surface area contributed by atoms with Gasteiger partial charge in [0.05, 0.1) is 0 Å². The lowest BCUT2D eigenvalue weighted by Crippen LogP contribution is -2.01. The van der Waals surface area contributed by atoms with E-state index in [1.807, 2.05) is 18.2 Å². The van der Waals surface area contributed by atoms with Crippen LogP contribution < -0.4 is 5.46 Å². The molecular formula is C13H11BO. The van der Waals surface area contributed by atoms with E-state index in [-0.39, 0.29) is 0 Å². The summed E-state index contributed by atoms with van der Waals surface area (Å²) < 4.78 is 5.79. The molecule has 0 spiro atoms.